The summed E-state index contributed by atoms with van der Waals surface area (Å²) in [5.74, 6) is -0.651. The average molecular weight is 382 g/mol. The summed E-state index contributed by atoms with van der Waals surface area (Å²) in [6, 6.07) is 9.06. The number of ether oxygens (including phenoxy) is 1. The molecule has 148 valence electrons. The third kappa shape index (κ3) is 4.34. The summed E-state index contributed by atoms with van der Waals surface area (Å²) in [7, 11) is 0. The molecule has 1 aromatic carbocycles. The summed E-state index contributed by atoms with van der Waals surface area (Å²) >= 11 is 0. The van der Waals surface area contributed by atoms with Crippen molar-refractivity contribution >= 4 is 5.97 Å². The number of hydrogen-bond donors (Lipinski definition) is 1. The molecule has 0 bridgehead atoms. The molecule has 0 spiro atoms. The van der Waals surface area contributed by atoms with Crippen molar-refractivity contribution in [1.82, 2.24) is 9.36 Å². The van der Waals surface area contributed by atoms with E-state index >= 15 is 0 Å². The Morgan fingerprint density at radius 3 is 2.54 bits per heavy atom. The van der Waals surface area contributed by atoms with E-state index in [-0.39, 0.29) is 18.7 Å². The Morgan fingerprint density at radius 2 is 1.93 bits per heavy atom. The van der Waals surface area contributed by atoms with Crippen molar-refractivity contribution in [2.75, 3.05) is 6.61 Å². The predicted molar refractivity (Wildman–Crippen MR) is 108 cm³/mol. The van der Waals surface area contributed by atoms with Gasteiger partial charge >= 0.3 is 5.97 Å². The first-order valence-corrected chi connectivity index (χ1v) is 9.41. The fourth-order valence-corrected chi connectivity index (χ4v) is 3.26. The Kier molecular flexibility index (Phi) is 5.70. The number of esters is 1. The van der Waals surface area contributed by atoms with E-state index in [4.69, 9.17) is 4.74 Å². The Morgan fingerprint density at radius 1 is 1.21 bits per heavy atom. The molecule has 1 N–H and O–H groups in total. The van der Waals surface area contributed by atoms with Crippen molar-refractivity contribution in [3.05, 3.63) is 75.7 Å². The Bertz CT molecular complexity index is 972. The quantitative estimate of drug-likeness (QED) is 0.779. The maximum absolute atomic E-state index is 13.1. The van der Waals surface area contributed by atoms with Gasteiger partial charge in [-0.15, -0.1) is 0 Å². The minimum Gasteiger partial charge on any atom is -0.457 e. The Hall–Kier alpha value is -2.86. The lowest BCUT2D eigenvalue weighted by Gasteiger charge is -2.22. The van der Waals surface area contributed by atoms with Gasteiger partial charge in [0.15, 0.2) is 0 Å². The molecule has 1 heterocycles. The molecule has 2 aromatic rings. The first-order valence-electron chi connectivity index (χ1n) is 9.41. The minimum absolute atomic E-state index is 0.00603. The number of benzene rings is 1. The van der Waals surface area contributed by atoms with Crippen LogP contribution in [0.25, 0.3) is 5.69 Å². The highest BCUT2D eigenvalue weighted by Crippen LogP contribution is 2.17. The van der Waals surface area contributed by atoms with Gasteiger partial charge in [-0.3, -0.25) is 9.48 Å². The van der Waals surface area contributed by atoms with Crippen LogP contribution in [0, 0.1) is 6.92 Å². The van der Waals surface area contributed by atoms with Gasteiger partial charge in [0.25, 0.3) is 5.56 Å². The van der Waals surface area contributed by atoms with Crippen LogP contribution in [0.2, 0.25) is 0 Å². The number of carbonyl (C=O) groups is 1. The van der Waals surface area contributed by atoms with E-state index in [1.54, 1.807) is 37.6 Å². The molecule has 0 saturated carbocycles. The minimum atomic E-state index is -1.06. The van der Waals surface area contributed by atoms with E-state index in [0.717, 1.165) is 18.4 Å². The first kappa shape index (κ1) is 19.9. The SMILES string of the molecule is Cc1c(C(=O)OCC2=CCCC=C2)c(=O)n(-c2ccccc2)n1CC(C)(C)O. The van der Waals surface area contributed by atoms with Crippen molar-refractivity contribution in [3.63, 3.8) is 0 Å². The molecule has 0 fully saturated rings. The first-order chi connectivity index (χ1) is 13.3. The Labute approximate surface area is 164 Å². The number of aliphatic hydroxyl groups is 1. The van der Waals surface area contributed by atoms with E-state index in [2.05, 4.69) is 0 Å². The smallest absolute Gasteiger partial charge is 0.346 e. The molecule has 0 unspecified atom stereocenters. The molecule has 1 aliphatic carbocycles. The van der Waals surface area contributed by atoms with Crippen LogP contribution in [-0.4, -0.2) is 32.6 Å². The lowest BCUT2D eigenvalue weighted by atomic mass is 10.1. The normalized spacial score (nSPS) is 14.1. The fourth-order valence-electron chi connectivity index (χ4n) is 3.26. The van der Waals surface area contributed by atoms with Gasteiger partial charge in [-0.2, -0.15) is 0 Å². The zero-order chi connectivity index (χ0) is 20.3. The van der Waals surface area contributed by atoms with Crippen LogP contribution in [0.5, 0.6) is 0 Å². The molecule has 0 atom stereocenters. The van der Waals surface area contributed by atoms with Gasteiger partial charge in [0.05, 0.1) is 23.5 Å². The number of carbonyl (C=O) groups excluding carboxylic acids is 1. The lowest BCUT2D eigenvalue weighted by Crippen LogP contribution is -2.32. The molecule has 0 saturated heterocycles. The molecule has 6 heteroatoms. The molecule has 6 nitrogen and oxygen atoms in total. The van der Waals surface area contributed by atoms with E-state index in [0.29, 0.717) is 11.4 Å². The van der Waals surface area contributed by atoms with Crippen LogP contribution < -0.4 is 5.56 Å². The van der Waals surface area contributed by atoms with Gasteiger partial charge in [0.1, 0.15) is 12.2 Å². The molecular weight excluding hydrogens is 356 g/mol. The number of para-hydroxylation sites is 1. The third-order valence-electron chi connectivity index (χ3n) is 4.58. The highest BCUT2D eigenvalue weighted by atomic mass is 16.5. The van der Waals surface area contributed by atoms with E-state index in [1.165, 1.54) is 4.68 Å². The summed E-state index contributed by atoms with van der Waals surface area (Å²) < 4.78 is 8.47. The van der Waals surface area contributed by atoms with Gasteiger partial charge < -0.3 is 9.84 Å². The van der Waals surface area contributed by atoms with Gasteiger partial charge in [-0.05, 0) is 51.3 Å². The summed E-state index contributed by atoms with van der Waals surface area (Å²) in [5.41, 5.74) is 0.494. The number of aromatic nitrogens is 2. The monoisotopic (exact) mass is 382 g/mol. The zero-order valence-corrected chi connectivity index (χ0v) is 16.5. The summed E-state index contributed by atoms with van der Waals surface area (Å²) in [6.45, 7) is 5.31. The maximum atomic E-state index is 13.1. The van der Waals surface area contributed by atoms with Crippen molar-refractivity contribution < 1.29 is 14.6 Å². The van der Waals surface area contributed by atoms with Crippen LogP contribution in [0.4, 0.5) is 0 Å². The average Bonchev–Trinajstić information content (AvgIpc) is 2.90. The molecule has 3 rings (SSSR count). The lowest BCUT2D eigenvalue weighted by molar-refractivity contribution is 0.0521. The summed E-state index contributed by atoms with van der Waals surface area (Å²) in [4.78, 5) is 25.8. The Balaban J connectivity index is 1.99. The fraction of sp³-hybridized carbons (Fsp3) is 0.364. The third-order valence-corrected chi connectivity index (χ3v) is 4.58. The van der Waals surface area contributed by atoms with Crippen LogP contribution >= 0.6 is 0 Å². The zero-order valence-electron chi connectivity index (χ0n) is 16.5. The van der Waals surface area contributed by atoms with Crippen molar-refractivity contribution in [2.24, 2.45) is 0 Å². The number of rotatable bonds is 6. The van der Waals surface area contributed by atoms with Crippen LogP contribution in [0.15, 0.2) is 58.9 Å². The topological polar surface area (TPSA) is 73.5 Å². The largest absolute Gasteiger partial charge is 0.457 e. The molecule has 28 heavy (non-hydrogen) atoms. The molecule has 0 aliphatic heterocycles. The molecule has 1 aromatic heterocycles. The van der Waals surface area contributed by atoms with E-state index in [9.17, 15) is 14.7 Å². The molecule has 1 aliphatic rings. The molecule has 0 radical (unpaired) electrons. The maximum Gasteiger partial charge on any atom is 0.346 e. The predicted octanol–water partition coefficient (Wildman–Crippen LogP) is 3.15. The second-order valence-corrected chi connectivity index (χ2v) is 7.62. The van der Waals surface area contributed by atoms with Gasteiger partial charge in [0.2, 0.25) is 0 Å². The highest BCUT2D eigenvalue weighted by molar-refractivity contribution is 5.90. The van der Waals surface area contributed by atoms with E-state index < -0.39 is 17.1 Å². The number of hydrogen-bond acceptors (Lipinski definition) is 4. The van der Waals surface area contributed by atoms with Gasteiger partial charge in [-0.1, -0.05) is 36.4 Å². The molecular formula is C22H26N2O4. The standard InChI is InChI=1S/C22H26N2O4/c1-16-19(21(26)28-14-17-10-6-4-7-11-17)20(25)24(18-12-8-5-9-13-18)23(16)15-22(2,3)27/h5-6,8-13,27H,4,7,14-15H2,1-3H3. The van der Waals surface area contributed by atoms with Gasteiger partial charge in [-0.25, -0.2) is 9.48 Å². The highest BCUT2D eigenvalue weighted by Gasteiger charge is 2.27. The summed E-state index contributed by atoms with van der Waals surface area (Å²) in [5, 5.41) is 10.3. The van der Waals surface area contributed by atoms with Gasteiger partial charge in [0, 0.05) is 0 Å². The van der Waals surface area contributed by atoms with Crippen molar-refractivity contribution in [1.29, 1.82) is 0 Å². The van der Waals surface area contributed by atoms with E-state index in [1.807, 2.05) is 36.4 Å². The van der Waals surface area contributed by atoms with Crippen LogP contribution in [0.3, 0.4) is 0 Å². The second-order valence-electron chi connectivity index (χ2n) is 7.62. The van der Waals surface area contributed by atoms with Crippen molar-refractivity contribution in [2.45, 2.75) is 45.8 Å². The molecule has 0 amide bonds. The summed E-state index contributed by atoms with van der Waals surface area (Å²) in [6.07, 6.45) is 7.91. The number of nitrogens with zero attached hydrogens (tertiary/aromatic N) is 2. The van der Waals surface area contributed by atoms with Crippen LogP contribution in [0.1, 0.15) is 42.7 Å². The number of allylic oxidation sites excluding steroid dienone is 2. The van der Waals surface area contributed by atoms with Crippen molar-refractivity contribution in [3.8, 4) is 5.69 Å². The van der Waals surface area contributed by atoms with Crippen LogP contribution in [-0.2, 0) is 11.3 Å². The second kappa shape index (κ2) is 8.02.